The Labute approximate surface area is 147 Å². The molecule has 0 aliphatic rings. The first-order valence-electron chi connectivity index (χ1n) is 5.48. The number of aliphatic carboxylic acids is 4. The van der Waals surface area contributed by atoms with Crippen molar-refractivity contribution in [2.45, 2.75) is 0 Å². The number of quaternary nitrogens is 2. The molecule has 13 heteroatoms. The Hall–Kier alpha value is -1.57. The summed E-state index contributed by atoms with van der Waals surface area (Å²) in [6.07, 6.45) is 0. The van der Waals surface area contributed by atoms with Crippen LogP contribution in [0.1, 0.15) is 0 Å². The molecule has 0 atom stereocenters. The van der Waals surface area contributed by atoms with Crippen LogP contribution in [0.4, 0.5) is 0 Å². The molecule has 0 aliphatic carbocycles. The second-order valence-corrected chi connectivity index (χ2v) is 3.95. The smallest absolute Gasteiger partial charge is 0.317 e. The van der Waals surface area contributed by atoms with Crippen LogP contribution in [0.15, 0.2) is 0 Å². The van der Waals surface area contributed by atoms with Crippen molar-refractivity contribution < 1.29 is 61.3 Å². The molecule has 0 aromatic rings. The summed E-state index contributed by atoms with van der Waals surface area (Å²) in [6.45, 7) is -2.75. The predicted octanol–water partition coefficient (Wildman–Crippen LogP) is -3.99. The van der Waals surface area contributed by atoms with E-state index in [9.17, 15) is 29.4 Å². The maximum absolute atomic E-state index is 10.5. The summed E-state index contributed by atoms with van der Waals surface area (Å²) in [7, 11) is 0. The molecule has 0 saturated carbocycles. The Kier molecular flexibility index (Phi) is 19.6. The van der Waals surface area contributed by atoms with Crippen molar-refractivity contribution in [1.82, 2.24) is 22.1 Å². The first kappa shape index (κ1) is 29.4. The average Bonchev–Trinajstić information content (AvgIpc) is 2.22. The van der Waals surface area contributed by atoms with E-state index in [-0.39, 0.29) is 47.1 Å². The topological polar surface area (TPSA) is 234 Å². The van der Waals surface area contributed by atoms with E-state index in [2.05, 4.69) is 0 Å². The van der Waals surface area contributed by atoms with Crippen LogP contribution in [0, 0.1) is 0 Å². The van der Waals surface area contributed by atoms with Crippen LogP contribution >= 0.6 is 0 Å². The Balaban J connectivity index is -0.000000602. The van der Waals surface area contributed by atoms with E-state index in [0.29, 0.717) is 0 Å². The second kappa shape index (κ2) is 15.3. The van der Waals surface area contributed by atoms with Crippen molar-refractivity contribution in [3.8, 4) is 0 Å². The molecule has 0 radical (unpaired) electrons. The van der Waals surface area contributed by atoms with E-state index in [0.717, 1.165) is 9.80 Å². The SMILES string of the molecule is O=C([O-])CN(CCN(CC(=O)O)CC(=O)O)CC(=O)[O-].[NH4+].[NH4+].[Ti]. The summed E-state index contributed by atoms with van der Waals surface area (Å²) < 4.78 is 0. The number of carboxylic acids is 4. The van der Waals surface area contributed by atoms with Gasteiger partial charge in [0.2, 0.25) is 0 Å². The van der Waals surface area contributed by atoms with Gasteiger partial charge in [-0.2, -0.15) is 0 Å². The molecule has 0 aromatic heterocycles. The third kappa shape index (κ3) is 18.4. The van der Waals surface area contributed by atoms with Gasteiger partial charge in [-0.1, -0.05) is 0 Å². The third-order valence-corrected chi connectivity index (χ3v) is 2.16. The van der Waals surface area contributed by atoms with Crippen molar-refractivity contribution in [2.75, 3.05) is 39.3 Å². The minimum Gasteiger partial charge on any atom is -0.549 e. The molecule has 0 heterocycles. The van der Waals surface area contributed by atoms with Gasteiger partial charge in [0.15, 0.2) is 0 Å². The zero-order chi connectivity index (χ0) is 15.7. The standard InChI is InChI=1S/C10H16N2O8.2H3N.Ti/c13-7(14)3-11(4-8(15)16)1-2-12(5-9(17)18)6-10(19)20;;;/h1-6H2,(H,13,14)(H,15,16)(H,17,18)(H,19,20);2*1H3;. The van der Waals surface area contributed by atoms with Gasteiger partial charge >= 0.3 is 11.9 Å². The molecular formula is C10H22N4O8Ti. The van der Waals surface area contributed by atoms with Gasteiger partial charge < -0.3 is 42.3 Å². The fourth-order valence-corrected chi connectivity index (χ4v) is 1.46. The number of carbonyl (C=O) groups is 4. The van der Waals surface area contributed by atoms with Crippen LogP contribution in [0.3, 0.4) is 0 Å². The molecule has 0 aliphatic heterocycles. The summed E-state index contributed by atoms with van der Waals surface area (Å²) in [5.74, 6) is -5.52. The Morgan fingerprint density at radius 2 is 0.957 bits per heavy atom. The van der Waals surface area contributed by atoms with Gasteiger partial charge in [-0.15, -0.1) is 0 Å². The summed E-state index contributed by atoms with van der Waals surface area (Å²) in [5, 5.41) is 38.0. The first-order chi connectivity index (χ1) is 9.20. The fraction of sp³-hybridized carbons (Fsp3) is 0.600. The van der Waals surface area contributed by atoms with Gasteiger partial charge in [0, 0.05) is 47.9 Å². The molecule has 0 rings (SSSR count). The molecule has 10 N–H and O–H groups in total. The molecule has 134 valence electrons. The van der Waals surface area contributed by atoms with Gasteiger partial charge in [-0.3, -0.25) is 19.4 Å². The summed E-state index contributed by atoms with van der Waals surface area (Å²) in [6, 6.07) is 0. The fourth-order valence-electron chi connectivity index (χ4n) is 1.46. The second-order valence-electron chi connectivity index (χ2n) is 3.95. The van der Waals surface area contributed by atoms with Gasteiger partial charge in [-0.05, 0) is 0 Å². The van der Waals surface area contributed by atoms with E-state index in [4.69, 9.17) is 10.2 Å². The monoisotopic (exact) mass is 374 g/mol. The van der Waals surface area contributed by atoms with E-state index in [1.165, 1.54) is 0 Å². The van der Waals surface area contributed by atoms with E-state index >= 15 is 0 Å². The molecule has 0 amide bonds. The molecule has 12 nitrogen and oxygen atoms in total. The molecule has 23 heavy (non-hydrogen) atoms. The number of nitrogens with zero attached hydrogens (tertiary/aromatic N) is 2. The zero-order valence-corrected chi connectivity index (χ0v) is 14.5. The largest absolute Gasteiger partial charge is 0.549 e. The number of hydrogen-bond acceptors (Lipinski definition) is 8. The van der Waals surface area contributed by atoms with E-state index in [1.54, 1.807) is 0 Å². The quantitative estimate of drug-likeness (QED) is 0.256. The van der Waals surface area contributed by atoms with Crippen LogP contribution in [-0.2, 0) is 40.9 Å². The van der Waals surface area contributed by atoms with Gasteiger partial charge in [0.05, 0.1) is 25.0 Å². The number of rotatable bonds is 11. The van der Waals surface area contributed by atoms with Gasteiger partial charge in [-0.25, -0.2) is 0 Å². The van der Waals surface area contributed by atoms with Crippen LogP contribution in [0.2, 0.25) is 0 Å². The maximum atomic E-state index is 10.5. The first-order valence-corrected chi connectivity index (χ1v) is 5.48. The van der Waals surface area contributed by atoms with Crippen LogP contribution in [-0.4, -0.2) is 83.2 Å². The number of hydrogen-bond donors (Lipinski definition) is 4. The van der Waals surface area contributed by atoms with Crippen LogP contribution < -0.4 is 22.5 Å². The Morgan fingerprint density at radius 3 is 1.17 bits per heavy atom. The van der Waals surface area contributed by atoms with Crippen LogP contribution in [0.25, 0.3) is 0 Å². The average molecular weight is 374 g/mol. The molecule has 0 saturated heterocycles. The van der Waals surface area contributed by atoms with Crippen LogP contribution in [0.5, 0.6) is 0 Å². The van der Waals surface area contributed by atoms with E-state index < -0.39 is 50.1 Å². The number of carboxylic acid groups (broad SMARTS) is 4. The van der Waals surface area contributed by atoms with Crippen molar-refractivity contribution in [2.24, 2.45) is 0 Å². The molecule has 0 spiro atoms. The Morgan fingerprint density at radius 1 is 0.696 bits per heavy atom. The summed E-state index contributed by atoms with van der Waals surface area (Å²) in [4.78, 5) is 43.9. The maximum Gasteiger partial charge on any atom is 0.317 e. The number of carbonyl (C=O) groups excluding carboxylic acids is 2. The molecular weight excluding hydrogens is 352 g/mol. The van der Waals surface area contributed by atoms with Gasteiger partial charge in [0.1, 0.15) is 0 Å². The Bertz CT molecular complexity index is 327. The van der Waals surface area contributed by atoms with Crippen molar-refractivity contribution in [1.29, 1.82) is 0 Å². The van der Waals surface area contributed by atoms with Crippen molar-refractivity contribution >= 4 is 23.9 Å². The summed E-state index contributed by atoms with van der Waals surface area (Å²) >= 11 is 0. The minimum atomic E-state index is -1.51. The summed E-state index contributed by atoms with van der Waals surface area (Å²) in [5.41, 5.74) is 0. The normalized spacial score (nSPS) is 9.30. The minimum absolute atomic E-state index is 0. The van der Waals surface area contributed by atoms with Crippen molar-refractivity contribution in [3.63, 3.8) is 0 Å². The van der Waals surface area contributed by atoms with E-state index in [1.807, 2.05) is 0 Å². The molecule has 0 unspecified atom stereocenters. The molecule has 0 aromatic carbocycles. The predicted molar refractivity (Wildman–Crippen MR) is 70.1 cm³/mol. The van der Waals surface area contributed by atoms with Crippen molar-refractivity contribution in [3.05, 3.63) is 0 Å². The molecule has 0 fully saturated rings. The third-order valence-electron chi connectivity index (χ3n) is 2.16. The molecule has 0 bridgehead atoms. The zero-order valence-electron chi connectivity index (χ0n) is 13.0. The van der Waals surface area contributed by atoms with Gasteiger partial charge in [0.25, 0.3) is 0 Å².